The molecule has 4 nitrogen and oxygen atoms in total. The van der Waals surface area contributed by atoms with E-state index in [9.17, 15) is 0 Å². The van der Waals surface area contributed by atoms with E-state index in [1.54, 1.807) is 13.3 Å². The van der Waals surface area contributed by atoms with E-state index >= 15 is 0 Å². The van der Waals surface area contributed by atoms with Crippen LogP contribution in [0.4, 0.5) is 0 Å². The van der Waals surface area contributed by atoms with Gasteiger partial charge >= 0.3 is 0 Å². The molecule has 2 rings (SSSR count). The van der Waals surface area contributed by atoms with Gasteiger partial charge < -0.3 is 14.5 Å². The number of rotatable bonds is 5. The zero-order valence-electron chi connectivity index (χ0n) is 10.1. The summed E-state index contributed by atoms with van der Waals surface area (Å²) in [7, 11) is 1.62. The third-order valence-electron chi connectivity index (χ3n) is 2.43. The van der Waals surface area contributed by atoms with E-state index in [2.05, 4.69) is 10.3 Å². The summed E-state index contributed by atoms with van der Waals surface area (Å²) in [5.74, 6) is 2.52. The van der Waals surface area contributed by atoms with Gasteiger partial charge in [0.2, 0.25) is 5.88 Å². The highest BCUT2D eigenvalue weighted by Gasteiger charge is 1.99. The van der Waals surface area contributed by atoms with Gasteiger partial charge in [-0.3, -0.25) is 0 Å². The van der Waals surface area contributed by atoms with Gasteiger partial charge in [0.15, 0.2) is 0 Å². The van der Waals surface area contributed by atoms with E-state index in [1.165, 1.54) is 0 Å². The minimum absolute atomic E-state index is 0.637. The van der Waals surface area contributed by atoms with Crippen molar-refractivity contribution in [1.29, 1.82) is 0 Å². The second kappa shape index (κ2) is 5.50. The summed E-state index contributed by atoms with van der Waals surface area (Å²) >= 11 is 0. The standard InChI is InChI=1S/C13H16N2O2/c1-10-3-4-12(17-10)9-14-8-11-5-6-15-13(7-11)16-2/h3-7,14H,8-9H2,1-2H3. The van der Waals surface area contributed by atoms with Crippen LogP contribution < -0.4 is 10.1 Å². The highest BCUT2D eigenvalue weighted by atomic mass is 16.5. The van der Waals surface area contributed by atoms with Crippen molar-refractivity contribution in [2.45, 2.75) is 20.0 Å². The van der Waals surface area contributed by atoms with Crippen molar-refractivity contribution in [3.63, 3.8) is 0 Å². The van der Waals surface area contributed by atoms with Crippen LogP contribution in [0.15, 0.2) is 34.9 Å². The molecule has 0 aromatic carbocycles. The number of aromatic nitrogens is 1. The number of hydrogen-bond donors (Lipinski definition) is 1. The van der Waals surface area contributed by atoms with E-state index in [0.717, 1.165) is 30.2 Å². The molecular formula is C13H16N2O2. The topological polar surface area (TPSA) is 47.3 Å². The number of furan rings is 1. The number of nitrogens with one attached hydrogen (secondary N) is 1. The quantitative estimate of drug-likeness (QED) is 0.859. The van der Waals surface area contributed by atoms with Gasteiger partial charge in [0.05, 0.1) is 13.7 Å². The van der Waals surface area contributed by atoms with Gasteiger partial charge in [-0.15, -0.1) is 0 Å². The predicted octanol–water partition coefficient (Wildman–Crippen LogP) is 2.28. The SMILES string of the molecule is COc1cc(CNCc2ccc(C)o2)ccn1. The van der Waals surface area contributed by atoms with Crippen molar-refractivity contribution in [3.05, 3.63) is 47.5 Å². The Balaban J connectivity index is 1.85. The molecule has 90 valence electrons. The van der Waals surface area contributed by atoms with Crippen LogP contribution in [-0.4, -0.2) is 12.1 Å². The largest absolute Gasteiger partial charge is 0.481 e. The summed E-state index contributed by atoms with van der Waals surface area (Å²) in [5.41, 5.74) is 1.14. The number of pyridine rings is 1. The van der Waals surface area contributed by atoms with Crippen molar-refractivity contribution in [2.24, 2.45) is 0 Å². The zero-order chi connectivity index (χ0) is 12.1. The molecule has 0 fully saturated rings. The monoisotopic (exact) mass is 232 g/mol. The average molecular weight is 232 g/mol. The molecule has 2 aromatic heterocycles. The van der Waals surface area contributed by atoms with Crippen molar-refractivity contribution in [3.8, 4) is 5.88 Å². The van der Waals surface area contributed by atoms with Crippen LogP contribution in [0.1, 0.15) is 17.1 Å². The van der Waals surface area contributed by atoms with Gasteiger partial charge in [0.1, 0.15) is 11.5 Å². The Morgan fingerprint density at radius 1 is 1.29 bits per heavy atom. The molecule has 2 heterocycles. The fourth-order valence-electron chi connectivity index (χ4n) is 1.58. The Bertz CT molecular complexity index is 480. The van der Waals surface area contributed by atoms with Crippen molar-refractivity contribution in [1.82, 2.24) is 10.3 Å². The number of methoxy groups -OCH3 is 1. The Labute approximate surface area is 101 Å². The number of hydrogen-bond acceptors (Lipinski definition) is 4. The van der Waals surface area contributed by atoms with Gasteiger partial charge in [-0.1, -0.05) is 0 Å². The van der Waals surface area contributed by atoms with Crippen LogP contribution in [0.25, 0.3) is 0 Å². The van der Waals surface area contributed by atoms with E-state index < -0.39 is 0 Å². The Kier molecular flexibility index (Phi) is 3.77. The molecule has 4 heteroatoms. The van der Waals surface area contributed by atoms with Crippen LogP contribution in [0.5, 0.6) is 5.88 Å². The first-order valence-electron chi connectivity index (χ1n) is 5.53. The summed E-state index contributed by atoms with van der Waals surface area (Å²) in [6, 6.07) is 7.82. The van der Waals surface area contributed by atoms with E-state index in [0.29, 0.717) is 5.88 Å². The molecule has 0 amide bonds. The van der Waals surface area contributed by atoms with Crippen LogP contribution in [-0.2, 0) is 13.1 Å². The molecule has 0 bridgehead atoms. The maximum absolute atomic E-state index is 5.47. The van der Waals surface area contributed by atoms with Crippen molar-refractivity contribution >= 4 is 0 Å². The fourth-order valence-corrected chi connectivity index (χ4v) is 1.58. The Morgan fingerprint density at radius 3 is 2.88 bits per heavy atom. The molecule has 0 atom stereocenters. The van der Waals surface area contributed by atoms with Gasteiger partial charge in [-0.05, 0) is 30.7 Å². The minimum Gasteiger partial charge on any atom is -0.481 e. The molecule has 17 heavy (non-hydrogen) atoms. The van der Waals surface area contributed by atoms with Crippen LogP contribution in [0, 0.1) is 6.92 Å². The van der Waals surface area contributed by atoms with Gasteiger partial charge in [0, 0.05) is 18.8 Å². The first-order chi connectivity index (χ1) is 8.28. The number of ether oxygens (including phenoxy) is 1. The summed E-state index contributed by atoms with van der Waals surface area (Å²) in [6.45, 7) is 3.42. The number of nitrogens with zero attached hydrogens (tertiary/aromatic N) is 1. The maximum Gasteiger partial charge on any atom is 0.213 e. The molecule has 1 N–H and O–H groups in total. The lowest BCUT2D eigenvalue weighted by molar-refractivity contribution is 0.397. The van der Waals surface area contributed by atoms with Gasteiger partial charge in [0.25, 0.3) is 0 Å². The maximum atomic E-state index is 5.47. The third-order valence-corrected chi connectivity index (χ3v) is 2.43. The van der Waals surface area contributed by atoms with Crippen molar-refractivity contribution in [2.75, 3.05) is 7.11 Å². The molecule has 0 unspecified atom stereocenters. The summed E-state index contributed by atoms with van der Waals surface area (Å²) in [4.78, 5) is 4.06. The lowest BCUT2D eigenvalue weighted by atomic mass is 10.2. The summed E-state index contributed by atoms with van der Waals surface area (Å²) in [5, 5.41) is 3.31. The highest BCUT2D eigenvalue weighted by molar-refractivity contribution is 5.20. The van der Waals surface area contributed by atoms with Gasteiger partial charge in [-0.2, -0.15) is 0 Å². The second-order valence-electron chi connectivity index (χ2n) is 3.82. The second-order valence-corrected chi connectivity index (χ2v) is 3.82. The highest BCUT2D eigenvalue weighted by Crippen LogP contribution is 2.09. The Morgan fingerprint density at radius 2 is 2.18 bits per heavy atom. The van der Waals surface area contributed by atoms with Crippen molar-refractivity contribution < 1.29 is 9.15 Å². The lowest BCUT2D eigenvalue weighted by Gasteiger charge is -2.04. The smallest absolute Gasteiger partial charge is 0.213 e. The predicted molar refractivity (Wildman–Crippen MR) is 64.8 cm³/mol. The molecule has 0 saturated heterocycles. The average Bonchev–Trinajstić information content (AvgIpc) is 2.75. The molecule has 0 aliphatic carbocycles. The summed E-state index contributed by atoms with van der Waals surface area (Å²) in [6.07, 6.45) is 1.74. The molecular weight excluding hydrogens is 216 g/mol. The van der Waals surface area contributed by atoms with Crippen LogP contribution in [0.3, 0.4) is 0 Å². The molecule has 0 aliphatic heterocycles. The summed E-state index contributed by atoms with van der Waals surface area (Å²) < 4.78 is 10.5. The fraction of sp³-hybridized carbons (Fsp3) is 0.308. The molecule has 0 aliphatic rings. The molecule has 0 spiro atoms. The van der Waals surface area contributed by atoms with Gasteiger partial charge in [-0.25, -0.2) is 4.98 Å². The molecule has 0 radical (unpaired) electrons. The van der Waals surface area contributed by atoms with E-state index in [-0.39, 0.29) is 0 Å². The molecule has 2 aromatic rings. The lowest BCUT2D eigenvalue weighted by Crippen LogP contribution is -2.12. The first-order valence-corrected chi connectivity index (χ1v) is 5.53. The number of aryl methyl sites for hydroxylation is 1. The first kappa shape index (κ1) is 11.7. The van der Waals surface area contributed by atoms with Crippen LogP contribution in [0.2, 0.25) is 0 Å². The zero-order valence-corrected chi connectivity index (χ0v) is 10.1. The third kappa shape index (κ3) is 3.32. The Hall–Kier alpha value is -1.81. The normalized spacial score (nSPS) is 10.5. The van der Waals surface area contributed by atoms with E-state index in [1.807, 2.05) is 31.2 Å². The minimum atomic E-state index is 0.637. The van der Waals surface area contributed by atoms with E-state index in [4.69, 9.17) is 9.15 Å². The molecule has 0 saturated carbocycles. The van der Waals surface area contributed by atoms with Crippen LogP contribution >= 0.6 is 0 Å².